The highest BCUT2D eigenvalue weighted by Gasteiger charge is 2.25. The van der Waals surface area contributed by atoms with E-state index >= 15 is 0 Å². The second-order valence-corrected chi connectivity index (χ2v) is 8.51. The zero-order valence-electron chi connectivity index (χ0n) is 16.1. The molecule has 0 saturated carbocycles. The fourth-order valence-corrected chi connectivity index (χ4v) is 4.77. The van der Waals surface area contributed by atoms with Gasteiger partial charge in [0.1, 0.15) is 0 Å². The van der Waals surface area contributed by atoms with Gasteiger partial charge in [0, 0.05) is 22.7 Å². The lowest BCUT2D eigenvalue weighted by molar-refractivity contribution is 0.0986. The number of halogens is 1. The second kappa shape index (κ2) is 8.39. The van der Waals surface area contributed by atoms with E-state index in [9.17, 15) is 9.59 Å². The number of carbonyl (C=O) groups is 2. The molecule has 0 atom stereocenters. The molecule has 1 N–H and O–H groups in total. The zero-order valence-corrected chi connectivity index (χ0v) is 17.6. The second-order valence-electron chi connectivity index (χ2n) is 7.11. The average Bonchev–Trinajstić information content (AvgIpc) is 3.07. The first kappa shape index (κ1) is 19.7. The molecule has 4 rings (SSSR count). The molecular weight excluding hydrogens is 404 g/mol. The van der Waals surface area contributed by atoms with Crippen LogP contribution in [0.1, 0.15) is 44.0 Å². The van der Waals surface area contributed by atoms with Crippen LogP contribution in [0.4, 0.5) is 11.4 Å². The van der Waals surface area contributed by atoms with E-state index in [1.54, 1.807) is 35.6 Å². The van der Waals surface area contributed by atoms with Gasteiger partial charge in [-0.15, -0.1) is 11.3 Å². The van der Waals surface area contributed by atoms with Crippen molar-refractivity contribution in [3.05, 3.63) is 80.5 Å². The molecule has 29 heavy (non-hydrogen) atoms. The van der Waals surface area contributed by atoms with Crippen molar-refractivity contribution in [1.29, 1.82) is 0 Å². The largest absolute Gasteiger partial charge is 0.322 e. The summed E-state index contributed by atoms with van der Waals surface area (Å²) < 4.78 is 0. The van der Waals surface area contributed by atoms with Crippen molar-refractivity contribution < 1.29 is 9.59 Å². The van der Waals surface area contributed by atoms with Crippen LogP contribution in [0.3, 0.4) is 0 Å². The summed E-state index contributed by atoms with van der Waals surface area (Å²) in [7, 11) is 0. The number of fused-ring (bicyclic) bond motifs is 1. The molecule has 2 heterocycles. The fourth-order valence-electron chi connectivity index (χ4n) is 3.59. The maximum Gasteiger partial charge on any atom is 0.259 e. The third kappa shape index (κ3) is 4.07. The maximum atomic E-state index is 13.2. The number of aryl methyl sites for hydroxylation is 2. The van der Waals surface area contributed by atoms with Gasteiger partial charge in [-0.3, -0.25) is 9.59 Å². The van der Waals surface area contributed by atoms with Gasteiger partial charge in [-0.25, -0.2) is 0 Å². The molecule has 1 aliphatic rings. The van der Waals surface area contributed by atoms with Crippen LogP contribution >= 0.6 is 22.9 Å². The van der Waals surface area contributed by atoms with Crippen molar-refractivity contribution in [2.75, 3.05) is 16.8 Å². The number of hydrogen-bond acceptors (Lipinski definition) is 3. The number of carbonyl (C=O) groups excluding carboxylic acids is 2. The Hall–Kier alpha value is -2.63. The summed E-state index contributed by atoms with van der Waals surface area (Å²) in [6.07, 6.45) is 3.05. The molecule has 0 bridgehead atoms. The molecule has 0 unspecified atom stereocenters. The Morgan fingerprint density at radius 1 is 1.07 bits per heavy atom. The van der Waals surface area contributed by atoms with Crippen LogP contribution in [0.15, 0.2) is 53.9 Å². The first-order valence-corrected chi connectivity index (χ1v) is 10.8. The summed E-state index contributed by atoms with van der Waals surface area (Å²) in [6, 6.07) is 14.5. The molecule has 1 aliphatic heterocycles. The first-order valence-electron chi connectivity index (χ1n) is 9.59. The van der Waals surface area contributed by atoms with Gasteiger partial charge in [0.05, 0.1) is 16.3 Å². The molecule has 148 valence electrons. The molecule has 1 aromatic heterocycles. The number of thiophene rings is 1. The summed E-state index contributed by atoms with van der Waals surface area (Å²) in [5.74, 6) is -0.304. The molecule has 3 aromatic rings. The molecule has 0 spiro atoms. The average molecular weight is 425 g/mol. The number of nitrogens with zero attached hydrogens (tertiary/aromatic N) is 1. The monoisotopic (exact) mass is 424 g/mol. The Bertz CT molecular complexity index is 1080. The van der Waals surface area contributed by atoms with Crippen LogP contribution < -0.4 is 10.2 Å². The predicted molar refractivity (Wildman–Crippen MR) is 120 cm³/mol. The SMILES string of the molecule is Cc1ccccc1C(=O)Nc1ccc(C(=O)N2CCCCc3sccc32)c(Cl)c1. The topological polar surface area (TPSA) is 49.4 Å². The quantitative estimate of drug-likeness (QED) is 0.565. The third-order valence-corrected chi connectivity index (χ3v) is 6.42. The Morgan fingerprint density at radius 2 is 1.90 bits per heavy atom. The highest BCUT2D eigenvalue weighted by molar-refractivity contribution is 7.10. The number of nitrogens with one attached hydrogen (secondary N) is 1. The van der Waals surface area contributed by atoms with Crippen molar-refractivity contribution in [2.45, 2.75) is 26.2 Å². The number of anilines is 2. The first-order chi connectivity index (χ1) is 14.0. The van der Waals surface area contributed by atoms with Gasteiger partial charge in [-0.2, -0.15) is 0 Å². The van der Waals surface area contributed by atoms with Crippen molar-refractivity contribution >= 4 is 46.1 Å². The summed E-state index contributed by atoms with van der Waals surface area (Å²) in [5.41, 5.74) is 3.51. The van der Waals surface area contributed by atoms with E-state index in [0.717, 1.165) is 30.5 Å². The minimum absolute atomic E-state index is 0.103. The number of rotatable bonds is 3. The Balaban J connectivity index is 1.56. The van der Waals surface area contributed by atoms with Crippen LogP contribution in [0, 0.1) is 6.92 Å². The van der Waals surface area contributed by atoms with Crippen molar-refractivity contribution in [3.63, 3.8) is 0 Å². The normalized spacial score (nSPS) is 13.5. The molecular formula is C23H21ClN2O2S. The summed E-state index contributed by atoms with van der Waals surface area (Å²) in [4.78, 5) is 28.8. The van der Waals surface area contributed by atoms with Crippen molar-refractivity contribution in [2.24, 2.45) is 0 Å². The molecule has 0 radical (unpaired) electrons. The van der Waals surface area contributed by atoms with E-state index in [1.807, 2.05) is 41.5 Å². The van der Waals surface area contributed by atoms with Gasteiger partial charge in [0.25, 0.3) is 11.8 Å². The molecule has 4 nitrogen and oxygen atoms in total. The summed E-state index contributed by atoms with van der Waals surface area (Å²) in [5, 5.41) is 5.22. The van der Waals surface area contributed by atoms with E-state index in [2.05, 4.69) is 5.32 Å². The molecule has 2 amide bonds. The van der Waals surface area contributed by atoms with Crippen molar-refractivity contribution in [3.8, 4) is 0 Å². The van der Waals surface area contributed by atoms with Gasteiger partial charge < -0.3 is 10.2 Å². The van der Waals surface area contributed by atoms with Crippen LogP contribution in [0.2, 0.25) is 5.02 Å². The van der Waals surface area contributed by atoms with E-state index < -0.39 is 0 Å². The molecule has 0 fully saturated rings. The van der Waals surface area contributed by atoms with Gasteiger partial charge in [-0.05, 0) is 67.5 Å². The van der Waals surface area contributed by atoms with Gasteiger partial charge in [0.2, 0.25) is 0 Å². The molecule has 6 heteroatoms. The molecule has 0 saturated heterocycles. The standard InChI is InChI=1S/C23H21ClN2O2S/c1-15-6-2-3-7-17(15)22(27)25-16-9-10-18(19(24)14-16)23(28)26-12-5-4-8-21-20(26)11-13-29-21/h2-3,6-7,9-11,13-14H,4-5,8,12H2,1H3,(H,25,27). The number of hydrogen-bond donors (Lipinski definition) is 1. The smallest absolute Gasteiger partial charge is 0.259 e. The lowest BCUT2D eigenvalue weighted by Gasteiger charge is -2.22. The Labute approximate surface area is 179 Å². The van der Waals surface area contributed by atoms with E-state index in [4.69, 9.17) is 11.6 Å². The fraction of sp³-hybridized carbons (Fsp3) is 0.217. The minimum Gasteiger partial charge on any atom is -0.322 e. The number of benzene rings is 2. The van der Waals surface area contributed by atoms with Gasteiger partial charge in [0.15, 0.2) is 0 Å². The van der Waals surface area contributed by atoms with E-state index in [-0.39, 0.29) is 11.8 Å². The Kier molecular flexibility index (Phi) is 5.69. The third-order valence-electron chi connectivity index (χ3n) is 5.14. The predicted octanol–water partition coefficient (Wildman–Crippen LogP) is 5.95. The van der Waals surface area contributed by atoms with Crippen LogP contribution in [-0.2, 0) is 6.42 Å². The summed E-state index contributed by atoms with van der Waals surface area (Å²) >= 11 is 8.14. The van der Waals surface area contributed by atoms with Gasteiger partial charge in [-0.1, -0.05) is 29.8 Å². The summed E-state index contributed by atoms with van der Waals surface area (Å²) in [6.45, 7) is 2.58. The maximum absolute atomic E-state index is 13.2. The highest BCUT2D eigenvalue weighted by atomic mass is 35.5. The molecule has 0 aliphatic carbocycles. The lowest BCUT2D eigenvalue weighted by atomic mass is 10.1. The Morgan fingerprint density at radius 3 is 2.69 bits per heavy atom. The zero-order chi connectivity index (χ0) is 20.4. The minimum atomic E-state index is -0.200. The van der Waals surface area contributed by atoms with Crippen LogP contribution in [-0.4, -0.2) is 18.4 Å². The van der Waals surface area contributed by atoms with E-state index in [0.29, 0.717) is 28.4 Å². The lowest BCUT2D eigenvalue weighted by Crippen LogP contribution is -2.31. The van der Waals surface area contributed by atoms with E-state index in [1.165, 1.54) is 4.88 Å². The molecule has 2 aromatic carbocycles. The van der Waals surface area contributed by atoms with Crippen LogP contribution in [0.5, 0.6) is 0 Å². The van der Waals surface area contributed by atoms with Crippen LogP contribution in [0.25, 0.3) is 0 Å². The number of amides is 2. The van der Waals surface area contributed by atoms with Gasteiger partial charge >= 0.3 is 0 Å². The highest BCUT2D eigenvalue weighted by Crippen LogP contribution is 2.33. The van der Waals surface area contributed by atoms with Crippen molar-refractivity contribution in [1.82, 2.24) is 0 Å².